The SMILES string of the molecule is CCc1ccccc1NC(=O)COc1c(C)cc(Cl)cc1Cl. The number of anilines is 1. The molecule has 0 aliphatic rings. The van der Waals surface area contributed by atoms with E-state index in [0.717, 1.165) is 23.2 Å². The highest BCUT2D eigenvalue weighted by molar-refractivity contribution is 6.35. The van der Waals surface area contributed by atoms with Gasteiger partial charge in [-0.15, -0.1) is 0 Å². The lowest BCUT2D eigenvalue weighted by molar-refractivity contribution is -0.118. The lowest BCUT2D eigenvalue weighted by Crippen LogP contribution is -2.21. The van der Waals surface area contributed by atoms with Gasteiger partial charge < -0.3 is 10.1 Å². The monoisotopic (exact) mass is 337 g/mol. The third kappa shape index (κ3) is 4.15. The number of ether oxygens (including phenoxy) is 1. The highest BCUT2D eigenvalue weighted by atomic mass is 35.5. The van der Waals surface area contributed by atoms with Gasteiger partial charge in [-0.1, -0.05) is 48.3 Å². The first-order valence-electron chi connectivity index (χ1n) is 6.97. The van der Waals surface area contributed by atoms with Crippen LogP contribution in [0.2, 0.25) is 10.0 Å². The third-order valence-corrected chi connectivity index (χ3v) is 3.71. The molecule has 5 heteroatoms. The molecule has 1 amide bonds. The fourth-order valence-electron chi connectivity index (χ4n) is 2.15. The zero-order chi connectivity index (χ0) is 16.1. The van der Waals surface area contributed by atoms with E-state index in [9.17, 15) is 4.79 Å². The number of carbonyl (C=O) groups is 1. The molecule has 0 aliphatic carbocycles. The van der Waals surface area contributed by atoms with Crippen LogP contribution >= 0.6 is 23.2 Å². The van der Waals surface area contributed by atoms with E-state index in [1.807, 2.05) is 38.1 Å². The number of hydrogen-bond donors (Lipinski definition) is 1. The number of amides is 1. The molecular weight excluding hydrogens is 321 g/mol. The van der Waals surface area contributed by atoms with Crippen molar-refractivity contribution in [3.8, 4) is 5.75 Å². The van der Waals surface area contributed by atoms with Gasteiger partial charge in [0.05, 0.1) is 5.02 Å². The molecule has 0 saturated heterocycles. The van der Waals surface area contributed by atoms with Gasteiger partial charge in [-0.25, -0.2) is 0 Å². The van der Waals surface area contributed by atoms with Crippen molar-refractivity contribution in [2.24, 2.45) is 0 Å². The van der Waals surface area contributed by atoms with Crippen molar-refractivity contribution in [3.63, 3.8) is 0 Å². The van der Waals surface area contributed by atoms with E-state index in [0.29, 0.717) is 15.8 Å². The average Bonchev–Trinajstić information content (AvgIpc) is 2.46. The first-order chi connectivity index (χ1) is 10.5. The maximum absolute atomic E-state index is 12.0. The van der Waals surface area contributed by atoms with Crippen LogP contribution in [0.25, 0.3) is 0 Å². The molecule has 0 bridgehead atoms. The van der Waals surface area contributed by atoms with Crippen LogP contribution in [-0.4, -0.2) is 12.5 Å². The molecule has 2 aromatic carbocycles. The largest absolute Gasteiger partial charge is 0.482 e. The number of para-hydroxylation sites is 1. The van der Waals surface area contributed by atoms with Crippen molar-refractivity contribution in [2.45, 2.75) is 20.3 Å². The number of carbonyl (C=O) groups excluding carboxylic acids is 1. The Kier molecular flexibility index (Phi) is 5.69. The van der Waals surface area contributed by atoms with E-state index >= 15 is 0 Å². The van der Waals surface area contributed by atoms with Crippen molar-refractivity contribution < 1.29 is 9.53 Å². The first kappa shape index (κ1) is 16.7. The van der Waals surface area contributed by atoms with Crippen LogP contribution in [0.15, 0.2) is 36.4 Å². The molecule has 22 heavy (non-hydrogen) atoms. The summed E-state index contributed by atoms with van der Waals surface area (Å²) in [7, 11) is 0. The predicted octanol–water partition coefficient (Wildman–Crippen LogP) is 4.88. The van der Waals surface area contributed by atoms with Crippen molar-refractivity contribution in [3.05, 3.63) is 57.6 Å². The Balaban J connectivity index is 2.02. The molecule has 0 aliphatic heterocycles. The molecular formula is C17H17Cl2NO2. The zero-order valence-electron chi connectivity index (χ0n) is 12.5. The molecule has 116 valence electrons. The van der Waals surface area contributed by atoms with E-state index in [4.69, 9.17) is 27.9 Å². The third-order valence-electron chi connectivity index (χ3n) is 3.21. The van der Waals surface area contributed by atoms with Gasteiger partial charge in [0.15, 0.2) is 6.61 Å². The molecule has 0 radical (unpaired) electrons. The average molecular weight is 338 g/mol. The molecule has 1 N–H and O–H groups in total. The van der Waals surface area contributed by atoms with Gasteiger partial charge in [0, 0.05) is 10.7 Å². The van der Waals surface area contributed by atoms with Gasteiger partial charge in [0.1, 0.15) is 5.75 Å². The second-order valence-electron chi connectivity index (χ2n) is 4.88. The van der Waals surface area contributed by atoms with Crippen LogP contribution in [0.5, 0.6) is 5.75 Å². The minimum absolute atomic E-state index is 0.111. The van der Waals surface area contributed by atoms with Gasteiger partial charge in [-0.2, -0.15) is 0 Å². The van der Waals surface area contributed by atoms with E-state index in [1.165, 1.54) is 0 Å². The summed E-state index contributed by atoms with van der Waals surface area (Å²) in [4.78, 5) is 12.0. The van der Waals surface area contributed by atoms with Crippen molar-refractivity contribution in [1.29, 1.82) is 0 Å². The van der Waals surface area contributed by atoms with Gasteiger partial charge in [-0.3, -0.25) is 4.79 Å². The minimum Gasteiger partial charge on any atom is -0.482 e. The van der Waals surface area contributed by atoms with Gasteiger partial charge in [0.2, 0.25) is 0 Å². The summed E-state index contributed by atoms with van der Waals surface area (Å²) >= 11 is 12.0. The smallest absolute Gasteiger partial charge is 0.262 e. The van der Waals surface area contributed by atoms with E-state index in [2.05, 4.69) is 5.32 Å². The summed E-state index contributed by atoms with van der Waals surface area (Å²) in [6, 6.07) is 11.0. The topological polar surface area (TPSA) is 38.3 Å². The van der Waals surface area contributed by atoms with Gasteiger partial charge >= 0.3 is 0 Å². The number of hydrogen-bond acceptors (Lipinski definition) is 2. The Hall–Kier alpha value is -1.71. The number of rotatable bonds is 5. The van der Waals surface area contributed by atoms with Crippen LogP contribution < -0.4 is 10.1 Å². The summed E-state index contributed by atoms with van der Waals surface area (Å²) in [5, 5.41) is 3.78. The normalized spacial score (nSPS) is 10.4. The Labute approximate surface area is 140 Å². The summed E-state index contributed by atoms with van der Waals surface area (Å²) in [6.45, 7) is 3.76. The maximum atomic E-state index is 12.0. The quantitative estimate of drug-likeness (QED) is 0.844. The molecule has 0 saturated carbocycles. The van der Waals surface area contributed by atoms with Gasteiger partial charge in [-0.05, 0) is 42.7 Å². The van der Waals surface area contributed by atoms with Gasteiger partial charge in [0.25, 0.3) is 5.91 Å². The number of halogens is 2. The van der Waals surface area contributed by atoms with E-state index in [-0.39, 0.29) is 12.5 Å². The van der Waals surface area contributed by atoms with Crippen molar-refractivity contribution in [1.82, 2.24) is 0 Å². The second-order valence-corrected chi connectivity index (χ2v) is 5.72. The second kappa shape index (κ2) is 7.52. The number of nitrogens with one attached hydrogen (secondary N) is 1. The molecule has 0 atom stereocenters. The Morgan fingerprint density at radius 2 is 1.95 bits per heavy atom. The minimum atomic E-state index is -0.230. The van der Waals surface area contributed by atoms with Crippen LogP contribution in [0.4, 0.5) is 5.69 Å². The molecule has 0 unspecified atom stereocenters. The maximum Gasteiger partial charge on any atom is 0.262 e. The standard InChI is InChI=1S/C17H17Cl2NO2/c1-3-12-6-4-5-7-15(12)20-16(21)10-22-17-11(2)8-13(18)9-14(17)19/h4-9H,3,10H2,1-2H3,(H,20,21). The van der Waals surface area contributed by atoms with Crippen LogP contribution in [-0.2, 0) is 11.2 Å². The number of benzene rings is 2. The summed E-state index contributed by atoms with van der Waals surface area (Å²) < 4.78 is 5.53. The lowest BCUT2D eigenvalue weighted by Gasteiger charge is -2.13. The number of aryl methyl sites for hydroxylation is 2. The molecule has 0 spiro atoms. The van der Waals surface area contributed by atoms with Crippen LogP contribution in [0.3, 0.4) is 0 Å². The molecule has 2 aromatic rings. The van der Waals surface area contributed by atoms with E-state index < -0.39 is 0 Å². The Bertz CT molecular complexity index is 663. The fraction of sp³-hybridized carbons (Fsp3) is 0.235. The predicted molar refractivity (Wildman–Crippen MR) is 91.1 cm³/mol. The Morgan fingerprint density at radius 1 is 1.23 bits per heavy atom. The summed E-state index contributed by atoms with van der Waals surface area (Å²) in [6.07, 6.45) is 0.847. The first-order valence-corrected chi connectivity index (χ1v) is 7.73. The molecule has 0 heterocycles. The highest BCUT2D eigenvalue weighted by Crippen LogP contribution is 2.31. The van der Waals surface area contributed by atoms with Crippen molar-refractivity contribution >= 4 is 34.8 Å². The van der Waals surface area contributed by atoms with E-state index in [1.54, 1.807) is 12.1 Å². The fourth-order valence-corrected chi connectivity index (χ4v) is 2.80. The highest BCUT2D eigenvalue weighted by Gasteiger charge is 2.11. The Morgan fingerprint density at radius 3 is 2.64 bits per heavy atom. The summed E-state index contributed by atoms with van der Waals surface area (Å²) in [5.74, 6) is 0.247. The zero-order valence-corrected chi connectivity index (χ0v) is 14.0. The molecule has 0 aromatic heterocycles. The molecule has 0 fully saturated rings. The van der Waals surface area contributed by atoms with Crippen LogP contribution in [0, 0.1) is 6.92 Å². The van der Waals surface area contributed by atoms with Crippen LogP contribution in [0.1, 0.15) is 18.1 Å². The summed E-state index contributed by atoms with van der Waals surface area (Å²) in [5.41, 5.74) is 2.67. The molecule has 3 nitrogen and oxygen atoms in total. The van der Waals surface area contributed by atoms with Crippen molar-refractivity contribution in [2.75, 3.05) is 11.9 Å². The lowest BCUT2D eigenvalue weighted by atomic mass is 10.1. The molecule has 2 rings (SSSR count).